The number of carbonyl (C=O) groups excluding carboxylic acids is 1. The lowest BCUT2D eigenvalue weighted by atomic mass is 9.96. The first-order chi connectivity index (χ1) is 14.0. The Morgan fingerprint density at radius 1 is 1.14 bits per heavy atom. The van der Waals surface area contributed by atoms with Crippen LogP contribution in [0.2, 0.25) is 0 Å². The van der Waals surface area contributed by atoms with Gasteiger partial charge in [-0.15, -0.1) is 0 Å². The molecule has 1 saturated heterocycles. The number of pyridine rings is 1. The molecule has 2 aromatic rings. The molecule has 29 heavy (non-hydrogen) atoms. The van der Waals surface area contributed by atoms with Crippen molar-refractivity contribution in [1.29, 1.82) is 0 Å². The van der Waals surface area contributed by atoms with Crippen LogP contribution in [-0.4, -0.2) is 45.4 Å². The average molecular weight is 398 g/mol. The molecule has 0 radical (unpaired) electrons. The molecule has 1 amide bonds. The molecule has 0 aromatic carbocycles. The predicted molar refractivity (Wildman–Crippen MR) is 107 cm³/mol. The van der Waals surface area contributed by atoms with Crippen LogP contribution in [0, 0.1) is 5.92 Å². The molecule has 0 spiro atoms. The van der Waals surface area contributed by atoms with E-state index in [2.05, 4.69) is 5.10 Å². The van der Waals surface area contributed by atoms with Crippen molar-refractivity contribution in [3.05, 3.63) is 56.4 Å². The third-order valence-corrected chi connectivity index (χ3v) is 5.86. The van der Waals surface area contributed by atoms with Crippen molar-refractivity contribution >= 4 is 5.91 Å². The zero-order valence-electron chi connectivity index (χ0n) is 16.8. The van der Waals surface area contributed by atoms with E-state index < -0.39 is 0 Å². The maximum absolute atomic E-state index is 13.0. The molecule has 2 fully saturated rings. The minimum absolute atomic E-state index is 0.0668. The van der Waals surface area contributed by atoms with Gasteiger partial charge in [-0.1, -0.05) is 0 Å². The number of aryl methyl sites for hydroxylation is 1. The van der Waals surface area contributed by atoms with Crippen LogP contribution in [0.1, 0.15) is 47.7 Å². The summed E-state index contributed by atoms with van der Waals surface area (Å²) in [6.07, 6.45) is 5.45. The molecule has 2 aromatic heterocycles. The molecular weight excluding hydrogens is 372 g/mol. The number of carbonyl (C=O) groups is 1. The summed E-state index contributed by atoms with van der Waals surface area (Å²) in [6.45, 7) is 1.80. The Bertz CT molecular complexity index is 1030. The van der Waals surface area contributed by atoms with Gasteiger partial charge in [-0.3, -0.25) is 14.4 Å². The Morgan fingerprint density at radius 3 is 2.52 bits per heavy atom. The number of methoxy groups -OCH3 is 1. The number of aromatic nitrogens is 3. The van der Waals surface area contributed by atoms with Gasteiger partial charge in [-0.2, -0.15) is 5.10 Å². The Labute approximate surface area is 168 Å². The topological polar surface area (TPSA) is 86.4 Å². The summed E-state index contributed by atoms with van der Waals surface area (Å²) in [5.41, 5.74) is 1.12. The number of amides is 1. The highest BCUT2D eigenvalue weighted by molar-refractivity contribution is 5.96. The predicted octanol–water partition coefficient (Wildman–Crippen LogP) is 1.38. The Hall–Kier alpha value is -2.90. The van der Waals surface area contributed by atoms with Crippen LogP contribution in [0.4, 0.5) is 0 Å². The number of hydrogen-bond donors (Lipinski definition) is 0. The molecule has 0 bridgehead atoms. The largest absolute Gasteiger partial charge is 0.496 e. The van der Waals surface area contributed by atoms with Gasteiger partial charge in [0.15, 0.2) is 0 Å². The molecule has 0 N–H and O–H groups in total. The lowest BCUT2D eigenvalue weighted by molar-refractivity contribution is 0.0676. The normalized spacial score (nSPS) is 17.4. The summed E-state index contributed by atoms with van der Waals surface area (Å²) < 4.78 is 8.21. The zero-order chi connectivity index (χ0) is 20.5. The summed E-state index contributed by atoms with van der Waals surface area (Å²) in [5.74, 6) is 0.980. The third kappa shape index (κ3) is 4.11. The van der Waals surface area contributed by atoms with Crippen LogP contribution in [-0.2, 0) is 13.6 Å². The first-order valence-corrected chi connectivity index (χ1v) is 10.1. The fourth-order valence-corrected chi connectivity index (χ4v) is 3.87. The highest BCUT2D eigenvalue weighted by atomic mass is 16.5. The number of rotatable bonds is 5. The smallest absolute Gasteiger partial charge is 0.266 e. The molecule has 8 heteroatoms. The van der Waals surface area contributed by atoms with Crippen molar-refractivity contribution in [2.24, 2.45) is 13.0 Å². The number of ether oxygens (including phenoxy) is 1. The first-order valence-electron chi connectivity index (χ1n) is 10.1. The fraction of sp³-hybridized carbons (Fsp3) is 0.524. The van der Waals surface area contributed by atoms with Gasteiger partial charge in [0.25, 0.3) is 17.0 Å². The van der Waals surface area contributed by atoms with E-state index in [1.807, 2.05) is 6.07 Å². The van der Waals surface area contributed by atoms with Crippen LogP contribution in [0.15, 0.2) is 34.0 Å². The average Bonchev–Trinajstić information content (AvgIpc) is 3.57. The van der Waals surface area contributed by atoms with Gasteiger partial charge in [0.05, 0.1) is 18.4 Å². The standard InChI is InChI=1S/C21H26N4O4/c1-23-13-16(18(29-2)11-20(23)27)21(28)24-9-7-14(8-10-24)12-25-19(26)6-5-17(22-25)15-3-4-15/h5-6,11,13-15H,3-4,7-10,12H2,1-2H3. The Balaban J connectivity index is 1.42. The molecule has 1 saturated carbocycles. The monoisotopic (exact) mass is 398 g/mol. The highest BCUT2D eigenvalue weighted by Crippen LogP contribution is 2.38. The molecule has 1 aliphatic heterocycles. The van der Waals surface area contributed by atoms with Crippen molar-refractivity contribution in [3.8, 4) is 5.75 Å². The summed E-state index contributed by atoms with van der Waals surface area (Å²) in [4.78, 5) is 38.7. The van der Waals surface area contributed by atoms with Crippen molar-refractivity contribution < 1.29 is 9.53 Å². The number of hydrogen-bond acceptors (Lipinski definition) is 5. The number of nitrogens with zero attached hydrogens (tertiary/aromatic N) is 4. The van der Waals surface area contributed by atoms with E-state index in [9.17, 15) is 14.4 Å². The second kappa shape index (κ2) is 7.85. The van der Waals surface area contributed by atoms with Crippen LogP contribution in [0.5, 0.6) is 5.75 Å². The second-order valence-corrected chi connectivity index (χ2v) is 7.99. The first kappa shape index (κ1) is 19.4. The fourth-order valence-electron chi connectivity index (χ4n) is 3.87. The van der Waals surface area contributed by atoms with Gasteiger partial charge >= 0.3 is 0 Å². The zero-order valence-corrected chi connectivity index (χ0v) is 16.8. The molecule has 0 unspecified atom stereocenters. The Morgan fingerprint density at radius 2 is 1.86 bits per heavy atom. The van der Waals surface area contributed by atoms with E-state index in [1.165, 1.54) is 23.9 Å². The van der Waals surface area contributed by atoms with Gasteiger partial charge in [-0.05, 0) is 37.7 Å². The van der Waals surface area contributed by atoms with E-state index >= 15 is 0 Å². The molecule has 2 aliphatic rings. The maximum atomic E-state index is 13.0. The van der Waals surface area contributed by atoms with Crippen LogP contribution in [0.3, 0.4) is 0 Å². The quantitative estimate of drug-likeness (QED) is 0.760. The molecule has 1 aliphatic carbocycles. The lowest BCUT2D eigenvalue weighted by Gasteiger charge is -2.32. The van der Waals surface area contributed by atoms with Gasteiger partial charge in [0, 0.05) is 50.9 Å². The Kier molecular flexibility index (Phi) is 5.25. The summed E-state index contributed by atoms with van der Waals surface area (Å²) in [6, 6.07) is 4.80. The van der Waals surface area contributed by atoms with E-state index in [1.54, 1.807) is 22.7 Å². The molecule has 8 nitrogen and oxygen atoms in total. The summed E-state index contributed by atoms with van der Waals surface area (Å²) >= 11 is 0. The molecule has 4 rings (SSSR count). The summed E-state index contributed by atoms with van der Waals surface area (Å²) in [5, 5.41) is 4.55. The SMILES string of the molecule is COc1cc(=O)n(C)cc1C(=O)N1CCC(Cn2nc(C3CC3)ccc2=O)CC1. The van der Waals surface area contributed by atoms with Crippen LogP contribution >= 0.6 is 0 Å². The van der Waals surface area contributed by atoms with Gasteiger partial charge in [0.1, 0.15) is 5.75 Å². The van der Waals surface area contributed by atoms with Crippen molar-refractivity contribution in [2.75, 3.05) is 20.2 Å². The van der Waals surface area contributed by atoms with E-state index in [0.717, 1.165) is 31.4 Å². The second-order valence-electron chi connectivity index (χ2n) is 7.99. The summed E-state index contributed by atoms with van der Waals surface area (Å²) in [7, 11) is 3.07. The van der Waals surface area contributed by atoms with E-state index in [4.69, 9.17) is 4.74 Å². The van der Waals surface area contributed by atoms with Gasteiger partial charge in [-0.25, -0.2) is 4.68 Å². The van der Waals surface area contributed by atoms with E-state index in [-0.39, 0.29) is 17.0 Å². The van der Waals surface area contributed by atoms with Crippen LogP contribution < -0.4 is 15.9 Å². The number of likely N-dealkylation sites (tertiary alicyclic amines) is 1. The van der Waals surface area contributed by atoms with E-state index in [0.29, 0.717) is 42.8 Å². The molecular formula is C21H26N4O4. The molecule has 0 atom stereocenters. The number of piperidine rings is 1. The van der Waals surface area contributed by atoms with Gasteiger partial charge in [0.2, 0.25) is 0 Å². The van der Waals surface area contributed by atoms with Crippen LogP contribution in [0.25, 0.3) is 0 Å². The maximum Gasteiger partial charge on any atom is 0.266 e. The van der Waals surface area contributed by atoms with Crippen molar-refractivity contribution in [2.45, 2.75) is 38.1 Å². The molecule has 3 heterocycles. The highest BCUT2D eigenvalue weighted by Gasteiger charge is 2.28. The van der Waals surface area contributed by atoms with Gasteiger partial charge < -0.3 is 14.2 Å². The minimum atomic E-state index is -0.219. The lowest BCUT2D eigenvalue weighted by Crippen LogP contribution is -2.40. The van der Waals surface area contributed by atoms with Crippen molar-refractivity contribution in [1.82, 2.24) is 19.2 Å². The van der Waals surface area contributed by atoms with Crippen molar-refractivity contribution in [3.63, 3.8) is 0 Å². The molecule has 154 valence electrons. The third-order valence-electron chi connectivity index (χ3n) is 5.86. The minimum Gasteiger partial charge on any atom is -0.496 e.